The monoisotopic (exact) mass is 200 g/mol. The van der Waals surface area contributed by atoms with Crippen LogP contribution in [0.15, 0.2) is 0 Å². The van der Waals surface area contributed by atoms with Gasteiger partial charge < -0.3 is 9.53 Å². The smallest absolute Gasteiger partial charge is 0.316 e. The van der Waals surface area contributed by atoms with Crippen molar-refractivity contribution in [2.45, 2.75) is 33.6 Å². The van der Waals surface area contributed by atoms with Crippen molar-refractivity contribution in [1.29, 1.82) is 0 Å². The van der Waals surface area contributed by atoms with Crippen LogP contribution in [-0.4, -0.2) is 18.2 Å². The molecule has 0 rings (SSSR count). The Labute approximate surface area is 83.6 Å². The third kappa shape index (κ3) is 5.45. The van der Waals surface area contributed by atoms with Crippen LogP contribution in [0, 0.1) is 11.8 Å². The third-order valence-electron chi connectivity index (χ3n) is 1.70. The molecule has 14 heavy (non-hydrogen) atoms. The van der Waals surface area contributed by atoms with Gasteiger partial charge in [-0.05, 0) is 5.92 Å². The lowest BCUT2D eigenvalue weighted by atomic mass is 10.1. The van der Waals surface area contributed by atoms with E-state index in [4.69, 9.17) is 0 Å². The van der Waals surface area contributed by atoms with Crippen LogP contribution in [0.1, 0.15) is 33.6 Å². The van der Waals surface area contributed by atoms with Gasteiger partial charge in [0.15, 0.2) is 0 Å². The number of hydrogen-bond acceptors (Lipinski definition) is 4. The van der Waals surface area contributed by atoms with Crippen LogP contribution >= 0.6 is 0 Å². The van der Waals surface area contributed by atoms with Crippen molar-refractivity contribution in [3.05, 3.63) is 0 Å². The molecule has 0 saturated carbocycles. The summed E-state index contributed by atoms with van der Waals surface area (Å²) >= 11 is 0. The number of carbonyl (C=O) groups excluding carboxylic acids is 3. The standard InChI is InChI=1S/C10H16O4/c1-7(2)10(13)14-9(12)6-8(3)4-5-11/h5,7-8H,4,6H2,1-3H3/t8-/m1/s1. The van der Waals surface area contributed by atoms with Gasteiger partial charge >= 0.3 is 11.9 Å². The fraction of sp³-hybridized carbons (Fsp3) is 0.700. The summed E-state index contributed by atoms with van der Waals surface area (Å²) in [5.41, 5.74) is 0. The minimum Gasteiger partial charge on any atom is -0.393 e. The Hall–Kier alpha value is -1.19. The molecule has 4 heteroatoms. The maximum Gasteiger partial charge on any atom is 0.316 e. The fourth-order valence-electron chi connectivity index (χ4n) is 0.804. The zero-order chi connectivity index (χ0) is 11.1. The lowest BCUT2D eigenvalue weighted by Gasteiger charge is -2.07. The fourth-order valence-corrected chi connectivity index (χ4v) is 0.804. The molecule has 0 heterocycles. The molecule has 0 amide bonds. The van der Waals surface area contributed by atoms with E-state index >= 15 is 0 Å². The molecule has 4 nitrogen and oxygen atoms in total. The zero-order valence-corrected chi connectivity index (χ0v) is 8.78. The summed E-state index contributed by atoms with van der Waals surface area (Å²) in [5.74, 6) is -1.45. The van der Waals surface area contributed by atoms with E-state index in [0.717, 1.165) is 6.29 Å². The molecule has 0 aliphatic heterocycles. The molecule has 0 aromatic carbocycles. The number of carbonyl (C=O) groups is 3. The van der Waals surface area contributed by atoms with E-state index in [1.165, 1.54) is 0 Å². The first-order valence-electron chi connectivity index (χ1n) is 4.65. The van der Waals surface area contributed by atoms with Crippen molar-refractivity contribution >= 4 is 18.2 Å². The van der Waals surface area contributed by atoms with E-state index in [1.54, 1.807) is 20.8 Å². The highest BCUT2D eigenvalue weighted by Crippen LogP contribution is 2.07. The van der Waals surface area contributed by atoms with Gasteiger partial charge in [0.25, 0.3) is 0 Å². The summed E-state index contributed by atoms with van der Waals surface area (Å²) in [5, 5.41) is 0. The SMILES string of the molecule is CC(C)C(=O)OC(=O)C[C@H](C)CC=O. The van der Waals surface area contributed by atoms with E-state index in [0.29, 0.717) is 6.42 Å². The van der Waals surface area contributed by atoms with Gasteiger partial charge in [0.05, 0.1) is 5.92 Å². The van der Waals surface area contributed by atoms with Gasteiger partial charge in [0.1, 0.15) is 6.29 Å². The first-order valence-corrected chi connectivity index (χ1v) is 4.65. The predicted octanol–water partition coefficient (Wildman–Crippen LogP) is 1.33. The number of ether oxygens (including phenoxy) is 1. The number of rotatable bonds is 5. The van der Waals surface area contributed by atoms with Crippen molar-refractivity contribution in [3.63, 3.8) is 0 Å². The second-order valence-electron chi connectivity index (χ2n) is 3.66. The van der Waals surface area contributed by atoms with Crippen LogP contribution in [0.2, 0.25) is 0 Å². The van der Waals surface area contributed by atoms with Crippen LogP contribution in [0.4, 0.5) is 0 Å². The largest absolute Gasteiger partial charge is 0.393 e. The molecular formula is C10H16O4. The quantitative estimate of drug-likeness (QED) is 0.381. The number of aldehydes is 1. The zero-order valence-electron chi connectivity index (χ0n) is 8.78. The topological polar surface area (TPSA) is 60.4 Å². The summed E-state index contributed by atoms with van der Waals surface area (Å²) < 4.78 is 4.54. The minimum absolute atomic E-state index is 0.0695. The Morgan fingerprint density at radius 3 is 2.29 bits per heavy atom. The summed E-state index contributed by atoms with van der Waals surface area (Å²) in [7, 11) is 0. The van der Waals surface area contributed by atoms with E-state index in [1.807, 2.05) is 0 Å². The number of hydrogen-bond donors (Lipinski definition) is 0. The molecule has 1 atom stereocenters. The van der Waals surface area contributed by atoms with Crippen molar-refractivity contribution in [1.82, 2.24) is 0 Å². The summed E-state index contributed by atoms with van der Waals surface area (Å²) in [6.07, 6.45) is 1.17. The van der Waals surface area contributed by atoms with Crippen LogP contribution < -0.4 is 0 Å². The Bertz CT molecular complexity index is 220. The highest BCUT2D eigenvalue weighted by molar-refractivity contribution is 5.86. The molecule has 0 unspecified atom stereocenters. The highest BCUT2D eigenvalue weighted by atomic mass is 16.6. The first kappa shape index (κ1) is 12.8. The normalized spacial score (nSPS) is 12.3. The average Bonchev–Trinajstić information content (AvgIpc) is 2.03. The molecular weight excluding hydrogens is 184 g/mol. The molecule has 0 radical (unpaired) electrons. The predicted molar refractivity (Wildman–Crippen MR) is 50.4 cm³/mol. The third-order valence-corrected chi connectivity index (χ3v) is 1.70. The molecule has 0 saturated heterocycles. The lowest BCUT2D eigenvalue weighted by Crippen LogP contribution is -2.18. The molecule has 0 aliphatic carbocycles. The Morgan fingerprint density at radius 2 is 1.86 bits per heavy atom. The molecule has 0 N–H and O–H groups in total. The average molecular weight is 200 g/mol. The summed E-state index contributed by atoms with van der Waals surface area (Å²) in [4.78, 5) is 32.2. The summed E-state index contributed by atoms with van der Waals surface area (Å²) in [6, 6.07) is 0. The maximum atomic E-state index is 11.1. The van der Waals surface area contributed by atoms with Gasteiger partial charge in [-0.25, -0.2) is 0 Å². The van der Waals surface area contributed by atoms with Gasteiger partial charge in [-0.3, -0.25) is 9.59 Å². The molecule has 0 bridgehead atoms. The van der Waals surface area contributed by atoms with Gasteiger partial charge in [-0.1, -0.05) is 20.8 Å². The maximum absolute atomic E-state index is 11.1. The van der Waals surface area contributed by atoms with E-state index in [-0.39, 0.29) is 18.3 Å². The van der Waals surface area contributed by atoms with Crippen LogP contribution in [-0.2, 0) is 19.1 Å². The Balaban J connectivity index is 3.86. The van der Waals surface area contributed by atoms with Crippen LogP contribution in [0.5, 0.6) is 0 Å². The first-order chi connectivity index (χ1) is 6.47. The van der Waals surface area contributed by atoms with Crippen molar-refractivity contribution < 1.29 is 19.1 Å². The van der Waals surface area contributed by atoms with E-state index in [9.17, 15) is 14.4 Å². The van der Waals surface area contributed by atoms with E-state index in [2.05, 4.69) is 4.74 Å². The Kier molecular flexibility index (Phi) is 5.76. The van der Waals surface area contributed by atoms with Crippen molar-refractivity contribution in [2.75, 3.05) is 0 Å². The molecule has 0 spiro atoms. The second-order valence-corrected chi connectivity index (χ2v) is 3.66. The van der Waals surface area contributed by atoms with Crippen molar-refractivity contribution in [2.24, 2.45) is 11.8 Å². The van der Waals surface area contributed by atoms with Gasteiger partial charge in [-0.15, -0.1) is 0 Å². The number of esters is 2. The minimum atomic E-state index is -0.557. The van der Waals surface area contributed by atoms with Gasteiger partial charge in [-0.2, -0.15) is 0 Å². The van der Waals surface area contributed by atoms with E-state index < -0.39 is 11.9 Å². The molecule has 80 valence electrons. The Morgan fingerprint density at radius 1 is 1.29 bits per heavy atom. The second kappa shape index (κ2) is 6.29. The lowest BCUT2D eigenvalue weighted by molar-refractivity contribution is -0.162. The van der Waals surface area contributed by atoms with Gasteiger partial charge in [0, 0.05) is 12.8 Å². The van der Waals surface area contributed by atoms with Crippen molar-refractivity contribution in [3.8, 4) is 0 Å². The molecule has 0 aromatic heterocycles. The van der Waals surface area contributed by atoms with Crippen LogP contribution in [0.3, 0.4) is 0 Å². The van der Waals surface area contributed by atoms with Gasteiger partial charge in [0.2, 0.25) is 0 Å². The van der Waals surface area contributed by atoms with Crippen LogP contribution in [0.25, 0.3) is 0 Å². The molecule has 0 fully saturated rings. The highest BCUT2D eigenvalue weighted by Gasteiger charge is 2.16. The molecule has 0 aromatic rings. The summed E-state index contributed by atoms with van der Waals surface area (Å²) in [6.45, 7) is 5.07. The molecule has 0 aliphatic rings.